The van der Waals surface area contributed by atoms with Gasteiger partial charge in [-0.05, 0) is 13.0 Å². The fourth-order valence-corrected chi connectivity index (χ4v) is 2.51. The van der Waals surface area contributed by atoms with E-state index in [-0.39, 0.29) is 5.78 Å². The molecule has 1 aromatic carbocycles. The molecule has 3 rings (SSSR count). The minimum Gasteiger partial charge on any atom is -0.378 e. The van der Waals surface area contributed by atoms with Crippen LogP contribution in [0.2, 0.25) is 0 Å². The largest absolute Gasteiger partial charge is 0.378 e. The highest BCUT2D eigenvalue weighted by Gasteiger charge is 2.21. The van der Waals surface area contributed by atoms with Crippen molar-refractivity contribution in [2.75, 3.05) is 31.2 Å². The average molecular weight is 244 g/mol. The van der Waals surface area contributed by atoms with Gasteiger partial charge in [0.05, 0.1) is 18.8 Å². The number of Topliss-reactive ketones (excluding diaryl/α,β-unsaturated/α-hetero) is 1. The van der Waals surface area contributed by atoms with Crippen molar-refractivity contribution < 1.29 is 9.53 Å². The van der Waals surface area contributed by atoms with Crippen LogP contribution in [0.3, 0.4) is 0 Å². The number of rotatable bonds is 2. The molecule has 0 atom stereocenters. The number of ether oxygens (including phenoxy) is 1. The number of carbonyl (C=O) groups is 1. The van der Waals surface area contributed by atoms with Gasteiger partial charge in [0.25, 0.3) is 0 Å². The van der Waals surface area contributed by atoms with Crippen LogP contribution < -0.4 is 4.90 Å². The maximum absolute atomic E-state index is 11.9. The number of H-pyrrole nitrogens is 1. The molecular weight excluding hydrogens is 228 g/mol. The number of nitrogens with one attached hydrogen (secondary N) is 1. The summed E-state index contributed by atoms with van der Waals surface area (Å²) in [5, 5.41) is 1.01. The van der Waals surface area contributed by atoms with Crippen LogP contribution in [0.1, 0.15) is 17.3 Å². The highest BCUT2D eigenvalue weighted by Crippen LogP contribution is 2.29. The quantitative estimate of drug-likeness (QED) is 0.824. The summed E-state index contributed by atoms with van der Waals surface area (Å²) in [5.74, 6) is 1.04. The molecule has 4 heteroatoms. The number of hydrogen-bond donors (Lipinski definition) is 1. The SMILES string of the molecule is CC(=O)c1c(N2CCOCC2)[nH]c2ccccc12. The first kappa shape index (κ1) is 11.3. The van der Waals surface area contributed by atoms with Crippen LogP contribution in [0, 0.1) is 0 Å². The third-order valence-electron chi connectivity index (χ3n) is 3.37. The van der Waals surface area contributed by atoms with Crippen molar-refractivity contribution in [1.29, 1.82) is 0 Å². The van der Waals surface area contributed by atoms with Crippen molar-refractivity contribution in [3.63, 3.8) is 0 Å². The van der Waals surface area contributed by atoms with E-state index >= 15 is 0 Å². The van der Waals surface area contributed by atoms with Crippen LogP contribution in [-0.4, -0.2) is 37.1 Å². The fourth-order valence-electron chi connectivity index (χ4n) is 2.51. The molecule has 1 N–H and O–H groups in total. The molecule has 1 fully saturated rings. The van der Waals surface area contributed by atoms with Gasteiger partial charge in [-0.2, -0.15) is 0 Å². The zero-order chi connectivity index (χ0) is 12.5. The number of ketones is 1. The van der Waals surface area contributed by atoms with E-state index in [1.807, 2.05) is 24.3 Å². The number of para-hydroxylation sites is 1. The number of aromatic amines is 1. The highest BCUT2D eigenvalue weighted by atomic mass is 16.5. The lowest BCUT2D eigenvalue weighted by atomic mass is 10.1. The van der Waals surface area contributed by atoms with Gasteiger partial charge >= 0.3 is 0 Å². The van der Waals surface area contributed by atoms with E-state index < -0.39 is 0 Å². The molecule has 0 bridgehead atoms. The summed E-state index contributed by atoms with van der Waals surface area (Å²) >= 11 is 0. The summed E-state index contributed by atoms with van der Waals surface area (Å²) in [6.45, 7) is 4.71. The number of benzene rings is 1. The van der Waals surface area contributed by atoms with Crippen LogP contribution in [0.5, 0.6) is 0 Å². The second-order valence-corrected chi connectivity index (χ2v) is 4.55. The third-order valence-corrected chi connectivity index (χ3v) is 3.37. The van der Waals surface area contributed by atoms with Crippen molar-refractivity contribution in [1.82, 2.24) is 4.98 Å². The molecule has 0 amide bonds. The normalized spacial score (nSPS) is 16.2. The summed E-state index contributed by atoms with van der Waals surface area (Å²) in [5.41, 5.74) is 1.82. The van der Waals surface area contributed by atoms with E-state index in [1.54, 1.807) is 6.92 Å². The van der Waals surface area contributed by atoms with E-state index in [0.717, 1.165) is 35.4 Å². The van der Waals surface area contributed by atoms with Crippen LogP contribution in [0.25, 0.3) is 10.9 Å². The van der Waals surface area contributed by atoms with Gasteiger partial charge in [0.1, 0.15) is 5.82 Å². The van der Waals surface area contributed by atoms with Crippen molar-refractivity contribution >= 4 is 22.5 Å². The Balaban J connectivity index is 2.14. The molecule has 0 aliphatic carbocycles. The number of carbonyl (C=O) groups excluding carboxylic acids is 1. The summed E-state index contributed by atoms with van der Waals surface area (Å²) in [4.78, 5) is 17.5. The maximum atomic E-state index is 11.9. The van der Waals surface area contributed by atoms with Crippen LogP contribution in [-0.2, 0) is 4.74 Å². The van der Waals surface area contributed by atoms with E-state index in [4.69, 9.17) is 4.74 Å². The van der Waals surface area contributed by atoms with Gasteiger partial charge in [0, 0.05) is 24.0 Å². The van der Waals surface area contributed by atoms with Gasteiger partial charge in [-0.3, -0.25) is 4.79 Å². The number of morpholine rings is 1. The smallest absolute Gasteiger partial charge is 0.164 e. The second kappa shape index (κ2) is 4.46. The summed E-state index contributed by atoms with van der Waals surface area (Å²) in [6.07, 6.45) is 0. The molecular formula is C14H16N2O2. The highest BCUT2D eigenvalue weighted by molar-refractivity contribution is 6.11. The third kappa shape index (κ3) is 1.78. The molecule has 94 valence electrons. The van der Waals surface area contributed by atoms with E-state index in [0.29, 0.717) is 13.2 Å². The molecule has 2 aromatic rings. The van der Waals surface area contributed by atoms with Gasteiger partial charge in [-0.15, -0.1) is 0 Å². The first-order valence-electron chi connectivity index (χ1n) is 6.21. The molecule has 0 radical (unpaired) electrons. The van der Waals surface area contributed by atoms with Crippen LogP contribution >= 0.6 is 0 Å². The van der Waals surface area contributed by atoms with Gasteiger partial charge < -0.3 is 14.6 Å². The summed E-state index contributed by atoms with van der Waals surface area (Å²) in [7, 11) is 0. The topological polar surface area (TPSA) is 45.3 Å². The summed E-state index contributed by atoms with van der Waals surface area (Å²) < 4.78 is 5.36. The van der Waals surface area contributed by atoms with Crippen molar-refractivity contribution in [3.05, 3.63) is 29.8 Å². The molecule has 2 heterocycles. The number of nitrogens with zero attached hydrogens (tertiary/aromatic N) is 1. The Morgan fingerprint density at radius 2 is 2.00 bits per heavy atom. The molecule has 0 unspecified atom stereocenters. The Morgan fingerprint density at radius 1 is 1.28 bits per heavy atom. The molecule has 1 saturated heterocycles. The number of fused-ring (bicyclic) bond motifs is 1. The van der Waals surface area contributed by atoms with Crippen LogP contribution in [0.4, 0.5) is 5.82 Å². The van der Waals surface area contributed by atoms with Crippen molar-refractivity contribution in [2.24, 2.45) is 0 Å². The van der Waals surface area contributed by atoms with Crippen LogP contribution in [0.15, 0.2) is 24.3 Å². The van der Waals surface area contributed by atoms with E-state index in [1.165, 1.54) is 0 Å². The molecule has 1 aliphatic rings. The Morgan fingerprint density at radius 3 is 2.72 bits per heavy atom. The van der Waals surface area contributed by atoms with Gasteiger partial charge in [-0.25, -0.2) is 0 Å². The first-order chi connectivity index (χ1) is 8.77. The number of anilines is 1. The average Bonchev–Trinajstić information content (AvgIpc) is 2.79. The Hall–Kier alpha value is -1.81. The maximum Gasteiger partial charge on any atom is 0.164 e. The van der Waals surface area contributed by atoms with E-state index in [9.17, 15) is 4.79 Å². The molecule has 18 heavy (non-hydrogen) atoms. The Bertz CT molecular complexity index is 582. The Kier molecular flexibility index (Phi) is 2.80. The van der Waals surface area contributed by atoms with Crippen molar-refractivity contribution in [2.45, 2.75) is 6.92 Å². The minimum atomic E-state index is 0.106. The predicted molar refractivity (Wildman–Crippen MR) is 71.3 cm³/mol. The molecule has 1 aromatic heterocycles. The van der Waals surface area contributed by atoms with Gasteiger partial charge in [0.2, 0.25) is 0 Å². The van der Waals surface area contributed by atoms with Crippen molar-refractivity contribution in [3.8, 4) is 0 Å². The second-order valence-electron chi connectivity index (χ2n) is 4.55. The monoisotopic (exact) mass is 244 g/mol. The minimum absolute atomic E-state index is 0.106. The molecule has 4 nitrogen and oxygen atoms in total. The zero-order valence-electron chi connectivity index (χ0n) is 10.4. The zero-order valence-corrected chi connectivity index (χ0v) is 10.4. The number of hydrogen-bond acceptors (Lipinski definition) is 3. The molecule has 1 aliphatic heterocycles. The molecule has 0 saturated carbocycles. The number of aromatic nitrogens is 1. The lowest BCUT2D eigenvalue weighted by molar-refractivity contribution is 0.101. The first-order valence-corrected chi connectivity index (χ1v) is 6.21. The summed E-state index contributed by atoms with van der Waals surface area (Å²) in [6, 6.07) is 7.94. The lowest BCUT2D eigenvalue weighted by Gasteiger charge is -2.28. The fraction of sp³-hybridized carbons (Fsp3) is 0.357. The van der Waals surface area contributed by atoms with Gasteiger partial charge in [-0.1, -0.05) is 18.2 Å². The molecule has 0 spiro atoms. The Labute approximate surface area is 106 Å². The van der Waals surface area contributed by atoms with E-state index in [2.05, 4.69) is 9.88 Å². The lowest BCUT2D eigenvalue weighted by Crippen LogP contribution is -2.37. The predicted octanol–water partition coefficient (Wildman–Crippen LogP) is 2.21. The van der Waals surface area contributed by atoms with Gasteiger partial charge in [0.15, 0.2) is 5.78 Å². The standard InChI is InChI=1S/C14H16N2O2/c1-10(17)13-11-4-2-3-5-12(11)15-14(13)16-6-8-18-9-7-16/h2-5,15H,6-9H2,1H3.